The van der Waals surface area contributed by atoms with Gasteiger partial charge in [0, 0.05) is 11.8 Å². The molecule has 1 aromatic rings. The van der Waals surface area contributed by atoms with Crippen LogP contribution in [0.15, 0.2) is 47.6 Å². The quantitative estimate of drug-likeness (QED) is 0.619. The third kappa shape index (κ3) is 1.75. The van der Waals surface area contributed by atoms with Gasteiger partial charge < -0.3 is 0 Å². The van der Waals surface area contributed by atoms with E-state index in [1.807, 2.05) is 0 Å². The van der Waals surface area contributed by atoms with E-state index >= 15 is 0 Å². The number of nitrogens with zero attached hydrogens (tertiary/aromatic N) is 1. The summed E-state index contributed by atoms with van der Waals surface area (Å²) in [6.45, 7) is 4.16. The van der Waals surface area contributed by atoms with Gasteiger partial charge in [-0.3, -0.25) is 9.59 Å². The molecule has 4 heteroatoms. The van der Waals surface area contributed by atoms with Crippen molar-refractivity contribution in [2.75, 3.05) is 4.90 Å². The monoisotopic (exact) mass is 311 g/mol. The molecule has 2 amide bonds. The van der Waals surface area contributed by atoms with Gasteiger partial charge in [-0.25, -0.2) is 9.29 Å². The molecule has 3 aliphatic rings. The van der Waals surface area contributed by atoms with Crippen LogP contribution in [-0.4, -0.2) is 11.8 Å². The topological polar surface area (TPSA) is 37.4 Å². The Labute approximate surface area is 134 Å². The lowest BCUT2D eigenvalue weighted by atomic mass is 9.85. The van der Waals surface area contributed by atoms with Crippen LogP contribution in [0.5, 0.6) is 0 Å². The van der Waals surface area contributed by atoms with E-state index in [-0.39, 0.29) is 41.2 Å². The fraction of sp³-hybridized carbons (Fsp3) is 0.368. The number of halogens is 1. The Hall–Kier alpha value is -2.23. The third-order valence-corrected chi connectivity index (χ3v) is 5.53. The van der Waals surface area contributed by atoms with Crippen LogP contribution in [0.4, 0.5) is 10.1 Å². The van der Waals surface area contributed by atoms with Gasteiger partial charge in [0.05, 0.1) is 17.5 Å². The highest BCUT2D eigenvalue weighted by molar-refractivity contribution is 6.23. The van der Waals surface area contributed by atoms with Crippen molar-refractivity contribution in [1.29, 1.82) is 0 Å². The van der Waals surface area contributed by atoms with Crippen LogP contribution in [-0.2, 0) is 9.59 Å². The van der Waals surface area contributed by atoms with E-state index in [1.54, 1.807) is 12.1 Å². The summed E-state index contributed by atoms with van der Waals surface area (Å²) >= 11 is 0. The highest BCUT2D eigenvalue weighted by atomic mass is 19.1. The number of para-hydroxylation sites is 1. The van der Waals surface area contributed by atoms with Gasteiger partial charge in [-0.15, -0.1) is 0 Å². The molecule has 1 aliphatic heterocycles. The highest BCUT2D eigenvalue weighted by Crippen LogP contribution is 2.57. The third-order valence-electron chi connectivity index (χ3n) is 5.53. The van der Waals surface area contributed by atoms with Gasteiger partial charge in [0.1, 0.15) is 5.82 Å². The molecule has 2 aliphatic carbocycles. The predicted octanol–water partition coefficient (Wildman–Crippen LogP) is 3.47. The average Bonchev–Trinajstić information content (AvgIpc) is 3.18. The number of amides is 2. The first-order chi connectivity index (χ1) is 11.1. The van der Waals surface area contributed by atoms with Crippen LogP contribution in [0.3, 0.4) is 0 Å². The lowest BCUT2D eigenvalue weighted by Crippen LogP contribution is -2.34. The number of imide groups is 1. The lowest BCUT2D eigenvalue weighted by Gasteiger charge is -2.20. The molecule has 1 saturated carbocycles. The van der Waals surface area contributed by atoms with Crippen LogP contribution in [0.1, 0.15) is 20.3 Å². The lowest BCUT2D eigenvalue weighted by molar-refractivity contribution is -0.123. The predicted molar refractivity (Wildman–Crippen MR) is 85.0 cm³/mol. The van der Waals surface area contributed by atoms with E-state index in [2.05, 4.69) is 26.0 Å². The molecule has 0 unspecified atom stereocenters. The maximum Gasteiger partial charge on any atom is 0.238 e. The van der Waals surface area contributed by atoms with Crippen LogP contribution >= 0.6 is 0 Å². The number of hydrogen-bond acceptors (Lipinski definition) is 2. The largest absolute Gasteiger partial charge is 0.274 e. The molecule has 0 radical (unpaired) electrons. The minimum atomic E-state index is -0.532. The number of rotatable bonds is 2. The van der Waals surface area contributed by atoms with Gasteiger partial charge in [0.25, 0.3) is 0 Å². The van der Waals surface area contributed by atoms with Gasteiger partial charge in [0.15, 0.2) is 0 Å². The second kappa shape index (κ2) is 4.88. The van der Waals surface area contributed by atoms with Gasteiger partial charge >= 0.3 is 0 Å². The molecule has 4 atom stereocenters. The summed E-state index contributed by atoms with van der Waals surface area (Å²) in [6.07, 6.45) is 5.02. The first-order valence-electron chi connectivity index (χ1n) is 8.06. The number of allylic oxidation sites excluding steroid dienone is 4. The molecule has 4 rings (SSSR count). The first-order valence-corrected chi connectivity index (χ1v) is 8.06. The molecule has 1 saturated heterocycles. The summed E-state index contributed by atoms with van der Waals surface area (Å²) < 4.78 is 14.1. The fourth-order valence-electron chi connectivity index (χ4n) is 4.41. The Balaban J connectivity index is 1.78. The molecular formula is C19H18FNO2. The number of carbonyl (C=O) groups excluding carboxylic acids is 2. The van der Waals surface area contributed by atoms with Crippen molar-refractivity contribution in [3.05, 3.63) is 53.4 Å². The zero-order valence-electron chi connectivity index (χ0n) is 13.1. The van der Waals surface area contributed by atoms with E-state index in [4.69, 9.17) is 0 Å². The highest BCUT2D eigenvalue weighted by Gasteiger charge is 2.62. The summed E-state index contributed by atoms with van der Waals surface area (Å²) in [7, 11) is 0. The molecular weight excluding hydrogens is 293 g/mol. The summed E-state index contributed by atoms with van der Waals surface area (Å²) in [6, 6.07) is 5.98. The molecule has 1 aromatic carbocycles. The second-order valence-corrected chi connectivity index (χ2v) is 6.54. The second-order valence-electron chi connectivity index (χ2n) is 6.54. The SMILES string of the molecule is CCC(C)=C1[C@@H]2C=C[C@@H]1[C@H]1C(=O)N(c3ccccc3F)C(=O)[C@@H]12. The van der Waals surface area contributed by atoms with Gasteiger partial charge in [-0.2, -0.15) is 0 Å². The van der Waals surface area contributed by atoms with Crippen molar-refractivity contribution in [3.63, 3.8) is 0 Å². The number of fused-ring (bicyclic) bond motifs is 5. The van der Waals surface area contributed by atoms with Crippen molar-refractivity contribution in [2.24, 2.45) is 23.7 Å². The zero-order valence-corrected chi connectivity index (χ0v) is 13.1. The molecule has 0 spiro atoms. The normalized spacial score (nSPS) is 31.3. The minimum Gasteiger partial charge on any atom is -0.274 e. The van der Waals surface area contributed by atoms with Crippen molar-refractivity contribution >= 4 is 17.5 Å². The van der Waals surface area contributed by atoms with E-state index in [0.29, 0.717) is 0 Å². The summed E-state index contributed by atoms with van der Waals surface area (Å²) in [5.74, 6) is -1.79. The molecule has 118 valence electrons. The van der Waals surface area contributed by atoms with Crippen LogP contribution < -0.4 is 4.90 Å². The Morgan fingerprint density at radius 1 is 1.09 bits per heavy atom. The van der Waals surface area contributed by atoms with Crippen LogP contribution in [0, 0.1) is 29.5 Å². The summed E-state index contributed by atoms with van der Waals surface area (Å²) in [4.78, 5) is 26.8. The Bertz CT molecular complexity index is 745. The maximum absolute atomic E-state index is 14.1. The molecule has 2 fully saturated rings. The van der Waals surface area contributed by atoms with Crippen LogP contribution in [0.25, 0.3) is 0 Å². The molecule has 3 nitrogen and oxygen atoms in total. The number of anilines is 1. The maximum atomic E-state index is 14.1. The molecule has 1 heterocycles. The number of carbonyl (C=O) groups is 2. The van der Waals surface area contributed by atoms with E-state index < -0.39 is 5.82 Å². The van der Waals surface area contributed by atoms with Crippen molar-refractivity contribution in [1.82, 2.24) is 0 Å². The zero-order chi connectivity index (χ0) is 16.3. The average molecular weight is 311 g/mol. The Morgan fingerprint density at radius 3 is 2.17 bits per heavy atom. The van der Waals surface area contributed by atoms with Crippen LogP contribution in [0.2, 0.25) is 0 Å². The number of benzene rings is 1. The molecule has 0 aromatic heterocycles. The smallest absolute Gasteiger partial charge is 0.238 e. The van der Waals surface area contributed by atoms with E-state index in [9.17, 15) is 14.0 Å². The summed E-state index contributed by atoms with van der Waals surface area (Å²) in [5.41, 5.74) is 2.57. The standard InChI is InChI=1S/C19H18FNO2/c1-3-10(2)15-11-8-9-12(15)17-16(11)18(22)21(19(17)23)14-7-5-4-6-13(14)20/h4-9,11-12,16-17H,3H2,1-2H3/t11-,12-,16+,17+/m0/s1. The fourth-order valence-corrected chi connectivity index (χ4v) is 4.41. The van der Waals surface area contributed by atoms with E-state index in [0.717, 1.165) is 11.3 Å². The van der Waals surface area contributed by atoms with Gasteiger partial charge in [-0.1, -0.05) is 42.4 Å². The van der Waals surface area contributed by atoms with Crippen molar-refractivity contribution < 1.29 is 14.0 Å². The Kier molecular flexibility index (Phi) is 3.05. The Morgan fingerprint density at radius 2 is 1.65 bits per heavy atom. The van der Waals surface area contributed by atoms with Gasteiger partial charge in [0.2, 0.25) is 11.8 Å². The molecule has 2 bridgehead atoms. The van der Waals surface area contributed by atoms with E-state index in [1.165, 1.54) is 23.3 Å². The summed E-state index contributed by atoms with van der Waals surface area (Å²) in [5, 5.41) is 0. The van der Waals surface area contributed by atoms with Gasteiger partial charge in [-0.05, 0) is 25.5 Å². The van der Waals surface area contributed by atoms with Crippen molar-refractivity contribution in [2.45, 2.75) is 20.3 Å². The molecule has 0 N–H and O–H groups in total. The van der Waals surface area contributed by atoms with Crippen molar-refractivity contribution in [3.8, 4) is 0 Å². The first kappa shape index (κ1) is 14.4. The molecule has 23 heavy (non-hydrogen) atoms. The number of hydrogen-bond donors (Lipinski definition) is 0. The minimum absolute atomic E-state index is 0.00169.